The number of azo groups is 1. The zero-order valence-corrected chi connectivity index (χ0v) is 17.7. The van der Waals surface area contributed by atoms with Gasteiger partial charge in [-0.15, -0.1) is 10.2 Å². The number of rotatable bonds is 6. The minimum Gasteiger partial charge on any atom is -0.493 e. The predicted octanol–water partition coefficient (Wildman–Crippen LogP) is 1.92. The summed E-state index contributed by atoms with van der Waals surface area (Å²) >= 11 is 0. The van der Waals surface area contributed by atoms with Gasteiger partial charge in [0.1, 0.15) is 5.70 Å². The Labute approximate surface area is 187 Å². The van der Waals surface area contributed by atoms with Crippen molar-refractivity contribution in [3.8, 4) is 5.88 Å². The van der Waals surface area contributed by atoms with Gasteiger partial charge in [-0.1, -0.05) is 30.3 Å². The van der Waals surface area contributed by atoms with Crippen LogP contribution in [0.25, 0.3) is 6.08 Å². The molecule has 0 unspecified atom stereocenters. The number of anilines is 1. The third kappa shape index (κ3) is 5.88. The van der Waals surface area contributed by atoms with E-state index in [0.29, 0.717) is 11.1 Å². The van der Waals surface area contributed by atoms with E-state index in [9.17, 15) is 24.3 Å². The first-order valence-electron chi connectivity index (χ1n) is 9.61. The van der Waals surface area contributed by atoms with Gasteiger partial charge in [0, 0.05) is 25.3 Å². The molecule has 0 aliphatic heterocycles. The van der Waals surface area contributed by atoms with Crippen molar-refractivity contribution >= 4 is 29.3 Å². The number of carbonyl (C=O) groups excluding carboxylic acids is 2. The van der Waals surface area contributed by atoms with E-state index in [1.165, 1.54) is 6.08 Å². The number of aromatic hydroxyl groups is 1. The number of H-pyrrole nitrogens is 2. The molecule has 2 amide bonds. The molecule has 0 aliphatic carbocycles. The lowest BCUT2D eigenvalue weighted by Crippen LogP contribution is -2.26. The second kappa shape index (κ2) is 10.0. The average molecular weight is 448 g/mol. The molecular weight excluding hydrogens is 428 g/mol. The molecule has 11 nitrogen and oxygen atoms in total. The maximum absolute atomic E-state index is 12.7. The minimum atomic E-state index is -1.04. The maximum atomic E-state index is 12.7. The first kappa shape index (κ1) is 22.9. The first-order valence-corrected chi connectivity index (χ1v) is 9.61. The second-order valence-electron chi connectivity index (χ2n) is 6.97. The Morgan fingerprint density at radius 1 is 1.00 bits per heavy atom. The van der Waals surface area contributed by atoms with Gasteiger partial charge < -0.3 is 15.3 Å². The Morgan fingerprint density at radius 3 is 2.27 bits per heavy atom. The molecule has 4 N–H and O–H groups in total. The SMILES string of the molecule is CN(C)c1ccc(C=C(NC(=O)c2ccccc2)C(=O)N=Nc2c(O)[nH]c(=O)[nH]c2=O)cc1. The summed E-state index contributed by atoms with van der Waals surface area (Å²) in [6.45, 7) is 0. The van der Waals surface area contributed by atoms with E-state index >= 15 is 0 Å². The molecule has 0 radical (unpaired) electrons. The van der Waals surface area contributed by atoms with Gasteiger partial charge in [0.2, 0.25) is 11.6 Å². The molecule has 0 aliphatic rings. The third-order valence-corrected chi connectivity index (χ3v) is 4.37. The van der Waals surface area contributed by atoms with Crippen LogP contribution < -0.4 is 21.5 Å². The number of aromatic nitrogens is 2. The van der Waals surface area contributed by atoms with Crippen molar-refractivity contribution in [2.45, 2.75) is 0 Å². The number of hydrogen-bond donors (Lipinski definition) is 4. The van der Waals surface area contributed by atoms with Crippen LogP contribution >= 0.6 is 0 Å². The standard InChI is InChI=1S/C22H20N6O5/c1-28(2)15-10-8-13(9-11-15)12-16(23-18(29)14-6-4-3-5-7-14)19(30)27-26-17-20(31)24-22(33)25-21(17)32/h3-12H,1-2H3,(H,23,29)(H3,24,25,31,32,33). The molecule has 0 fully saturated rings. The number of aromatic amines is 2. The normalized spacial score (nSPS) is 11.4. The highest BCUT2D eigenvalue weighted by molar-refractivity contribution is 6.05. The predicted molar refractivity (Wildman–Crippen MR) is 122 cm³/mol. The first-order chi connectivity index (χ1) is 15.7. The number of amides is 2. The van der Waals surface area contributed by atoms with E-state index in [-0.39, 0.29) is 5.70 Å². The molecule has 1 heterocycles. The number of hydrogen-bond acceptors (Lipinski definition) is 7. The summed E-state index contributed by atoms with van der Waals surface area (Å²) in [5.41, 5.74) is -1.02. The van der Waals surface area contributed by atoms with E-state index < -0.39 is 34.6 Å². The minimum absolute atomic E-state index is 0.217. The van der Waals surface area contributed by atoms with Crippen LogP contribution in [0, 0.1) is 0 Å². The van der Waals surface area contributed by atoms with E-state index in [2.05, 4.69) is 15.5 Å². The van der Waals surface area contributed by atoms with Crippen LogP contribution in [0.1, 0.15) is 15.9 Å². The number of nitrogens with zero attached hydrogens (tertiary/aromatic N) is 3. The molecule has 168 valence electrons. The molecule has 0 bridgehead atoms. The zero-order valence-electron chi connectivity index (χ0n) is 17.7. The van der Waals surface area contributed by atoms with Crippen LogP contribution in [0.15, 0.2) is 80.1 Å². The van der Waals surface area contributed by atoms with Crippen molar-refractivity contribution in [3.05, 3.63) is 92.3 Å². The van der Waals surface area contributed by atoms with Crippen LogP contribution in [0.3, 0.4) is 0 Å². The highest BCUT2D eigenvalue weighted by atomic mass is 16.3. The topological polar surface area (TPSA) is 160 Å². The number of carbonyl (C=O) groups is 2. The summed E-state index contributed by atoms with van der Waals surface area (Å²) in [4.78, 5) is 54.0. The van der Waals surface area contributed by atoms with Gasteiger partial charge in [-0.25, -0.2) is 4.79 Å². The molecule has 3 aromatic rings. The van der Waals surface area contributed by atoms with E-state index in [1.54, 1.807) is 42.5 Å². The Hall–Kier alpha value is -4.80. The van der Waals surface area contributed by atoms with E-state index in [0.717, 1.165) is 5.69 Å². The monoisotopic (exact) mass is 448 g/mol. The summed E-state index contributed by atoms with van der Waals surface area (Å²) in [5.74, 6) is -2.39. The van der Waals surface area contributed by atoms with Crippen molar-refractivity contribution in [2.24, 2.45) is 10.2 Å². The Balaban J connectivity index is 1.95. The fraction of sp³-hybridized carbons (Fsp3) is 0.0909. The Kier molecular flexibility index (Phi) is 6.94. The molecule has 0 saturated heterocycles. The summed E-state index contributed by atoms with van der Waals surface area (Å²) in [5, 5.41) is 19.1. The van der Waals surface area contributed by atoms with Crippen molar-refractivity contribution < 1.29 is 14.7 Å². The lowest BCUT2D eigenvalue weighted by molar-refractivity contribution is -0.115. The summed E-state index contributed by atoms with van der Waals surface area (Å²) in [7, 11) is 3.77. The largest absolute Gasteiger partial charge is 0.493 e. The van der Waals surface area contributed by atoms with Crippen molar-refractivity contribution in [1.29, 1.82) is 0 Å². The smallest absolute Gasteiger partial charge is 0.328 e. The van der Waals surface area contributed by atoms with E-state index in [4.69, 9.17) is 0 Å². The Bertz CT molecular complexity index is 1340. The lowest BCUT2D eigenvalue weighted by atomic mass is 10.1. The zero-order chi connectivity index (χ0) is 24.0. The summed E-state index contributed by atoms with van der Waals surface area (Å²) < 4.78 is 0. The van der Waals surface area contributed by atoms with Crippen LogP contribution in [-0.2, 0) is 4.79 Å². The number of nitrogens with one attached hydrogen (secondary N) is 3. The van der Waals surface area contributed by atoms with Gasteiger partial charge in [-0.2, -0.15) is 0 Å². The highest BCUT2D eigenvalue weighted by Crippen LogP contribution is 2.18. The second-order valence-corrected chi connectivity index (χ2v) is 6.97. The number of benzene rings is 2. The molecule has 11 heteroatoms. The molecule has 0 spiro atoms. The molecule has 3 rings (SSSR count). The molecule has 0 atom stereocenters. The summed E-state index contributed by atoms with van der Waals surface area (Å²) in [6.07, 6.45) is 1.40. The van der Waals surface area contributed by atoms with Gasteiger partial charge in [0.15, 0.2) is 0 Å². The molecule has 0 saturated carbocycles. The van der Waals surface area contributed by atoms with Gasteiger partial charge >= 0.3 is 11.6 Å². The van der Waals surface area contributed by atoms with Gasteiger partial charge in [-0.05, 0) is 35.9 Å². The lowest BCUT2D eigenvalue weighted by Gasteiger charge is -2.12. The van der Waals surface area contributed by atoms with Crippen molar-refractivity contribution in [2.75, 3.05) is 19.0 Å². The molecule has 2 aromatic carbocycles. The maximum Gasteiger partial charge on any atom is 0.328 e. The highest BCUT2D eigenvalue weighted by Gasteiger charge is 2.16. The van der Waals surface area contributed by atoms with Crippen LogP contribution in [0.5, 0.6) is 5.88 Å². The quantitative estimate of drug-likeness (QED) is 0.333. The molecule has 33 heavy (non-hydrogen) atoms. The average Bonchev–Trinajstić information content (AvgIpc) is 2.78. The van der Waals surface area contributed by atoms with Crippen molar-refractivity contribution in [3.63, 3.8) is 0 Å². The van der Waals surface area contributed by atoms with Crippen LogP contribution in [0.4, 0.5) is 11.4 Å². The van der Waals surface area contributed by atoms with Crippen LogP contribution in [0.2, 0.25) is 0 Å². The van der Waals surface area contributed by atoms with Crippen molar-refractivity contribution in [1.82, 2.24) is 15.3 Å². The Morgan fingerprint density at radius 2 is 1.67 bits per heavy atom. The van der Waals surface area contributed by atoms with Gasteiger partial charge in [-0.3, -0.25) is 24.4 Å². The fourth-order valence-electron chi connectivity index (χ4n) is 2.68. The third-order valence-electron chi connectivity index (χ3n) is 4.37. The fourth-order valence-corrected chi connectivity index (χ4v) is 2.68. The van der Waals surface area contributed by atoms with E-state index in [1.807, 2.05) is 41.1 Å². The van der Waals surface area contributed by atoms with Crippen LogP contribution in [-0.4, -0.2) is 41.0 Å². The molecule has 1 aromatic heterocycles. The summed E-state index contributed by atoms with van der Waals surface area (Å²) in [6, 6.07) is 15.4. The van der Waals surface area contributed by atoms with Gasteiger partial charge in [0.05, 0.1) is 0 Å². The molecular formula is C22H20N6O5. The van der Waals surface area contributed by atoms with Gasteiger partial charge in [0.25, 0.3) is 11.5 Å².